The summed E-state index contributed by atoms with van der Waals surface area (Å²) in [6, 6.07) is 17.5. The SMILES string of the molecule is O=C(O)CC1(CS[C@@H]2CCc3ccccc3C(=O)OCC3C=C(/C=C/c4ccc5ccc(Cl)cc5n4)C=C2C3)CC1. The number of fused-ring (bicyclic) bond motifs is 4. The van der Waals surface area contributed by atoms with E-state index in [-0.39, 0.29) is 29.0 Å². The number of ether oxygens (including phenoxy) is 1. The molecule has 41 heavy (non-hydrogen) atoms. The summed E-state index contributed by atoms with van der Waals surface area (Å²) in [7, 11) is 0. The molecule has 1 aliphatic heterocycles. The van der Waals surface area contributed by atoms with Gasteiger partial charge in [-0.15, -0.1) is 0 Å². The lowest BCUT2D eigenvalue weighted by atomic mass is 9.87. The number of rotatable bonds is 7. The minimum Gasteiger partial charge on any atom is -0.481 e. The van der Waals surface area contributed by atoms with E-state index in [1.807, 2.05) is 72.4 Å². The van der Waals surface area contributed by atoms with Crippen molar-refractivity contribution in [3.63, 3.8) is 0 Å². The number of cyclic esters (lactones) is 1. The van der Waals surface area contributed by atoms with Gasteiger partial charge in [0.2, 0.25) is 0 Å². The number of hydrogen-bond donors (Lipinski definition) is 1. The average molecular weight is 586 g/mol. The number of nitrogens with zero attached hydrogens (tertiary/aromatic N) is 1. The third-order valence-electron chi connectivity index (χ3n) is 8.23. The first kappa shape index (κ1) is 27.8. The summed E-state index contributed by atoms with van der Waals surface area (Å²) >= 11 is 8.07. The summed E-state index contributed by atoms with van der Waals surface area (Å²) in [5.41, 5.74) is 5.63. The van der Waals surface area contributed by atoms with Crippen molar-refractivity contribution in [1.82, 2.24) is 4.98 Å². The molecular weight excluding hydrogens is 554 g/mol. The van der Waals surface area contributed by atoms with E-state index in [1.165, 1.54) is 5.57 Å². The van der Waals surface area contributed by atoms with E-state index in [2.05, 4.69) is 18.2 Å². The number of carboxylic acids is 1. The number of aromatic nitrogens is 1. The molecule has 2 aromatic carbocycles. The van der Waals surface area contributed by atoms with E-state index in [1.54, 1.807) is 0 Å². The van der Waals surface area contributed by atoms with E-state index < -0.39 is 5.97 Å². The van der Waals surface area contributed by atoms with Gasteiger partial charge in [-0.05, 0) is 79.0 Å². The predicted octanol–water partition coefficient (Wildman–Crippen LogP) is 7.93. The Morgan fingerprint density at radius 2 is 1.98 bits per heavy atom. The first-order valence-corrected chi connectivity index (χ1v) is 15.5. The van der Waals surface area contributed by atoms with Gasteiger partial charge >= 0.3 is 11.9 Å². The second kappa shape index (κ2) is 11.9. The molecule has 3 aromatic rings. The molecule has 2 atom stereocenters. The highest BCUT2D eigenvalue weighted by Gasteiger charge is 2.44. The van der Waals surface area contributed by atoms with Crippen LogP contribution in [0.3, 0.4) is 0 Å². The molecule has 2 bridgehead atoms. The number of aryl methyl sites for hydroxylation is 1. The summed E-state index contributed by atoms with van der Waals surface area (Å²) in [5.74, 6) is -0.0939. The quantitative estimate of drug-likeness (QED) is 0.284. The van der Waals surface area contributed by atoms with Crippen molar-refractivity contribution in [2.45, 2.75) is 43.8 Å². The van der Waals surface area contributed by atoms with Gasteiger partial charge in [0.15, 0.2) is 0 Å². The van der Waals surface area contributed by atoms with E-state index in [4.69, 9.17) is 21.3 Å². The molecule has 1 unspecified atom stereocenters. The molecule has 1 saturated carbocycles. The monoisotopic (exact) mass is 585 g/mol. The Hall–Kier alpha value is -3.35. The molecule has 5 nitrogen and oxygen atoms in total. The van der Waals surface area contributed by atoms with Crippen LogP contribution in [0, 0.1) is 11.3 Å². The lowest BCUT2D eigenvalue weighted by molar-refractivity contribution is -0.138. The minimum absolute atomic E-state index is 0.0595. The second-order valence-electron chi connectivity index (χ2n) is 11.4. The van der Waals surface area contributed by atoms with E-state index in [0.717, 1.165) is 65.6 Å². The standard InChI is InChI=1S/C34H32ClNO4S/c35-27-9-6-25-7-11-28(36-30(25)18-27)10-5-22-15-23-17-26(16-22)31(41-21-34(13-14-34)19-32(37)38)12-8-24-3-1-2-4-29(24)33(39)40-20-23/h1-7,9-11,15-16,18,23,31H,8,12-14,17,19-21H2,(H,37,38)/b10-5+/t23?,31-/m1/s1. The van der Waals surface area contributed by atoms with Crippen LogP contribution in [0.2, 0.25) is 5.02 Å². The molecule has 1 aromatic heterocycles. The van der Waals surface area contributed by atoms with E-state index in [9.17, 15) is 14.7 Å². The molecule has 1 fully saturated rings. The van der Waals surface area contributed by atoms with Crippen LogP contribution in [0.5, 0.6) is 0 Å². The van der Waals surface area contributed by atoms with Crippen LogP contribution in [0.25, 0.3) is 17.0 Å². The van der Waals surface area contributed by atoms with Crippen LogP contribution < -0.4 is 0 Å². The van der Waals surface area contributed by atoms with Crippen molar-refractivity contribution < 1.29 is 19.4 Å². The molecule has 0 amide bonds. The van der Waals surface area contributed by atoms with Crippen LogP contribution in [0.15, 0.2) is 84.0 Å². The zero-order valence-electron chi connectivity index (χ0n) is 22.7. The fourth-order valence-electron chi connectivity index (χ4n) is 5.78. The maximum Gasteiger partial charge on any atom is 0.338 e. The molecule has 3 aliphatic rings. The van der Waals surface area contributed by atoms with Gasteiger partial charge in [0.1, 0.15) is 0 Å². The summed E-state index contributed by atoms with van der Waals surface area (Å²) in [6.07, 6.45) is 13.2. The molecule has 210 valence electrons. The van der Waals surface area contributed by atoms with Crippen molar-refractivity contribution in [1.29, 1.82) is 0 Å². The van der Waals surface area contributed by atoms with Gasteiger partial charge in [-0.2, -0.15) is 11.8 Å². The normalized spacial score (nSPS) is 21.8. The number of aliphatic carboxylic acids is 1. The van der Waals surface area contributed by atoms with Crippen molar-refractivity contribution >= 4 is 52.3 Å². The number of esters is 1. The molecule has 2 heterocycles. The van der Waals surface area contributed by atoms with Crippen molar-refractivity contribution in [2.24, 2.45) is 11.3 Å². The van der Waals surface area contributed by atoms with Crippen LogP contribution >= 0.6 is 23.4 Å². The number of benzene rings is 2. The largest absolute Gasteiger partial charge is 0.481 e. The number of allylic oxidation sites excluding steroid dienone is 3. The van der Waals surface area contributed by atoms with Crippen LogP contribution in [0.1, 0.15) is 53.7 Å². The second-order valence-corrected chi connectivity index (χ2v) is 13.0. The van der Waals surface area contributed by atoms with Gasteiger partial charge in [-0.3, -0.25) is 4.79 Å². The summed E-state index contributed by atoms with van der Waals surface area (Å²) < 4.78 is 5.83. The highest BCUT2D eigenvalue weighted by Crippen LogP contribution is 2.52. The highest BCUT2D eigenvalue weighted by molar-refractivity contribution is 8.00. The number of carbonyl (C=O) groups is 2. The first-order chi connectivity index (χ1) is 19.9. The van der Waals surface area contributed by atoms with Gasteiger partial charge in [-0.25, -0.2) is 9.78 Å². The van der Waals surface area contributed by atoms with Crippen LogP contribution in [-0.2, 0) is 16.0 Å². The first-order valence-electron chi connectivity index (χ1n) is 14.1. The Morgan fingerprint density at radius 3 is 2.80 bits per heavy atom. The molecule has 1 N–H and O–H groups in total. The van der Waals surface area contributed by atoms with Gasteiger partial charge in [0.05, 0.1) is 29.8 Å². The fraction of sp³-hybridized carbons (Fsp3) is 0.324. The summed E-state index contributed by atoms with van der Waals surface area (Å²) in [5, 5.41) is 11.4. The van der Waals surface area contributed by atoms with Gasteiger partial charge in [-0.1, -0.05) is 65.7 Å². The molecular formula is C34H32ClNO4S. The summed E-state index contributed by atoms with van der Waals surface area (Å²) in [6.45, 7) is 0.314. The van der Waals surface area contributed by atoms with Crippen molar-refractivity contribution in [3.05, 3.63) is 106 Å². The van der Waals surface area contributed by atoms with Crippen LogP contribution in [-0.4, -0.2) is 39.6 Å². The van der Waals surface area contributed by atoms with Gasteiger partial charge in [0, 0.05) is 27.3 Å². The summed E-state index contributed by atoms with van der Waals surface area (Å²) in [4.78, 5) is 29.3. The average Bonchev–Trinajstić information content (AvgIpc) is 3.72. The molecule has 6 rings (SSSR count). The van der Waals surface area contributed by atoms with Crippen molar-refractivity contribution in [2.75, 3.05) is 12.4 Å². The fourth-order valence-corrected chi connectivity index (χ4v) is 7.55. The van der Waals surface area contributed by atoms with Crippen LogP contribution in [0.4, 0.5) is 0 Å². The highest BCUT2D eigenvalue weighted by atomic mass is 35.5. The number of halogens is 1. The molecule has 0 spiro atoms. The third kappa shape index (κ3) is 6.77. The molecule has 0 radical (unpaired) electrons. The van der Waals surface area contributed by atoms with Crippen molar-refractivity contribution in [3.8, 4) is 0 Å². The number of hydrogen-bond acceptors (Lipinski definition) is 5. The number of pyridine rings is 1. The Labute approximate surface area is 249 Å². The van der Waals surface area contributed by atoms with Gasteiger partial charge in [0.25, 0.3) is 0 Å². The smallest absolute Gasteiger partial charge is 0.338 e. The minimum atomic E-state index is -0.716. The topological polar surface area (TPSA) is 76.5 Å². The molecule has 0 saturated heterocycles. The zero-order chi connectivity index (χ0) is 28.4. The number of thioether (sulfide) groups is 1. The molecule has 7 heteroatoms. The van der Waals surface area contributed by atoms with E-state index in [0.29, 0.717) is 17.2 Å². The Balaban J connectivity index is 1.29. The van der Waals surface area contributed by atoms with Gasteiger partial charge < -0.3 is 9.84 Å². The maximum atomic E-state index is 13.0. The Bertz CT molecular complexity index is 1590. The third-order valence-corrected chi connectivity index (χ3v) is 10.2. The number of carboxylic acid groups (broad SMARTS) is 1. The Morgan fingerprint density at radius 1 is 1.15 bits per heavy atom. The maximum absolute atomic E-state index is 13.0. The predicted molar refractivity (Wildman–Crippen MR) is 165 cm³/mol. The molecule has 2 aliphatic carbocycles. The Kier molecular flexibility index (Phi) is 8.05. The lowest BCUT2D eigenvalue weighted by Crippen LogP contribution is -2.20. The zero-order valence-corrected chi connectivity index (χ0v) is 24.3. The van der Waals surface area contributed by atoms with E-state index >= 15 is 0 Å². The lowest BCUT2D eigenvalue weighted by Gasteiger charge is -2.27. The number of carbonyl (C=O) groups excluding carboxylic acids is 1.